The molecule has 1 unspecified atom stereocenters. The molecule has 1 heterocycles. The minimum Gasteiger partial charge on any atom is -0.385 e. The molecule has 0 saturated carbocycles. The number of aldehydes is 1. The average molecular weight is 397 g/mol. The van der Waals surface area contributed by atoms with Crippen LogP contribution in [0.1, 0.15) is 37.1 Å². The van der Waals surface area contributed by atoms with Gasteiger partial charge in [0.25, 0.3) is 0 Å². The van der Waals surface area contributed by atoms with Crippen LogP contribution in [0, 0.1) is 19.7 Å². The van der Waals surface area contributed by atoms with Crippen molar-refractivity contribution < 1.29 is 9.18 Å². The van der Waals surface area contributed by atoms with Crippen LogP contribution >= 0.6 is 11.5 Å². The minimum absolute atomic E-state index is 0.267. The van der Waals surface area contributed by atoms with Gasteiger partial charge in [0.05, 0.1) is 16.3 Å². The Hall–Kier alpha value is -2.53. The van der Waals surface area contributed by atoms with E-state index in [2.05, 4.69) is 9.69 Å². The smallest absolute Gasteiger partial charge is 0.132 e. The zero-order chi connectivity index (χ0) is 20.5. The first-order valence-corrected chi connectivity index (χ1v) is 10.1. The SMILES string of the molecule is CCC(C)(C=O)c1ccc(-c2cc(F)c(-c3snc(C)c3NC)cc2C)cc1. The second-order valence-corrected chi connectivity index (χ2v) is 8.11. The molecule has 0 spiro atoms. The van der Waals surface area contributed by atoms with Crippen LogP contribution in [0.15, 0.2) is 36.4 Å². The summed E-state index contributed by atoms with van der Waals surface area (Å²) >= 11 is 1.30. The molecule has 0 aliphatic rings. The van der Waals surface area contributed by atoms with Gasteiger partial charge in [0, 0.05) is 18.0 Å². The van der Waals surface area contributed by atoms with Crippen molar-refractivity contribution in [3.05, 3.63) is 59.0 Å². The largest absolute Gasteiger partial charge is 0.385 e. The van der Waals surface area contributed by atoms with E-state index >= 15 is 4.39 Å². The van der Waals surface area contributed by atoms with Gasteiger partial charge in [0.2, 0.25) is 0 Å². The number of halogens is 1. The molecule has 0 aliphatic heterocycles. The first kappa shape index (κ1) is 20.2. The van der Waals surface area contributed by atoms with Crippen molar-refractivity contribution in [1.29, 1.82) is 0 Å². The molecule has 3 aromatic rings. The normalized spacial score (nSPS) is 13.2. The third kappa shape index (κ3) is 3.47. The monoisotopic (exact) mass is 396 g/mol. The number of rotatable bonds is 6. The Labute approximate surface area is 169 Å². The average Bonchev–Trinajstić information content (AvgIpc) is 3.09. The van der Waals surface area contributed by atoms with E-state index in [0.29, 0.717) is 5.56 Å². The van der Waals surface area contributed by atoms with Crippen molar-refractivity contribution >= 4 is 23.5 Å². The van der Waals surface area contributed by atoms with Crippen LogP contribution in [0.5, 0.6) is 0 Å². The molecule has 28 heavy (non-hydrogen) atoms. The van der Waals surface area contributed by atoms with E-state index in [9.17, 15) is 4.79 Å². The molecule has 0 radical (unpaired) electrons. The molecular formula is C23H25FN2OS. The predicted molar refractivity (Wildman–Crippen MR) is 116 cm³/mol. The van der Waals surface area contributed by atoms with Crippen LogP contribution < -0.4 is 5.32 Å². The van der Waals surface area contributed by atoms with E-state index in [4.69, 9.17) is 0 Å². The summed E-state index contributed by atoms with van der Waals surface area (Å²) in [5.41, 5.74) is 5.56. The van der Waals surface area contributed by atoms with E-state index in [0.717, 1.165) is 51.2 Å². The van der Waals surface area contributed by atoms with Crippen LogP contribution in [0.4, 0.5) is 10.1 Å². The maximum Gasteiger partial charge on any atom is 0.132 e. The fourth-order valence-corrected chi connectivity index (χ4v) is 4.32. The molecule has 1 atom stereocenters. The molecule has 3 nitrogen and oxygen atoms in total. The zero-order valence-electron chi connectivity index (χ0n) is 16.9. The van der Waals surface area contributed by atoms with Crippen molar-refractivity contribution in [3.8, 4) is 21.6 Å². The Balaban J connectivity index is 2.03. The summed E-state index contributed by atoms with van der Waals surface area (Å²) in [6.45, 7) is 7.84. The first-order chi connectivity index (χ1) is 13.3. The Morgan fingerprint density at radius 1 is 1.18 bits per heavy atom. The molecule has 0 amide bonds. The Bertz CT molecular complexity index is 1010. The fourth-order valence-electron chi connectivity index (χ4n) is 3.40. The number of carbonyl (C=O) groups excluding carboxylic acids is 1. The van der Waals surface area contributed by atoms with Gasteiger partial charge in [-0.2, -0.15) is 4.37 Å². The highest BCUT2D eigenvalue weighted by atomic mass is 32.1. The van der Waals surface area contributed by atoms with Crippen LogP contribution in [0.25, 0.3) is 21.6 Å². The Morgan fingerprint density at radius 3 is 2.43 bits per heavy atom. The standard InChI is InChI=1S/C23H25FN2OS/c1-6-23(4,13-27)17-9-7-16(8-10-17)18-12-20(24)19(11-14(18)2)22-21(25-5)15(3)26-28-22/h7-13,25H,6H2,1-5H3. The van der Waals surface area contributed by atoms with Gasteiger partial charge in [-0.3, -0.25) is 0 Å². The second-order valence-electron chi connectivity index (χ2n) is 7.34. The Morgan fingerprint density at radius 2 is 1.86 bits per heavy atom. The van der Waals surface area contributed by atoms with Gasteiger partial charge in [0.15, 0.2) is 0 Å². The molecule has 0 saturated heterocycles. The molecule has 1 N–H and O–H groups in total. The van der Waals surface area contributed by atoms with E-state index < -0.39 is 5.41 Å². The lowest BCUT2D eigenvalue weighted by atomic mass is 9.81. The van der Waals surface area contributed by atoms with Crippen molar-refractivity contribution in [2.24, 2.45) is 0 Å². The van der Waals surface area contributed by atoms with Gasteiger partial charge in [-0.1, -0.05) is 31.2 Å². The maximum absolute atomic E-state index is 15.0. The summed E-state index contributed by atoms with van der Waals surface area (Å²) < 4.78 is 19.4. The molecule has 2 aromatic carbocycles. The molecule has 5 heteroatoms. The van der Waals surface area contributed by atoms with E-state index in [-0.39, 0.29) is 5.82 Å². The van der Waals surface area contributed by atoms with Gasteiger partial charge in [-0.25, -0.2) is 4.39 Å². The van der Waals surface area contributed by atoms with E-state index in [1.807, 2.05) is 65.1 Å². The van der Waals surface area contributed by atoms with Crippen molar-refractivity contribution in [3.63, 3.8) is 0 Å². The number of hydrogen-bond acceptors (Lipinski definition) is 4. The number of carbonyl (C=O) groups is 1. The number of aromatic nitrogens is 1. The number of hydrogen-bond donors (Lipinski definition) is 1. The lowest BCUT2D eigenvalue weighted by molar-refractivity contribution is -0.112. The highest BCUT2D eigenvalue weighted by Crippen LogP contribution is 2.39. The third-order valence-electron chi connectivity index (χ3n) is 5.52. The number of anilines is 1. The molecule has 0 fully saturated rings. The summed E-state index contributed by atoms with van der Waals surface area (Å²) in [7, 11) is 1.82. The summed E-state index contributed by atoms with van der Waals surface area (Å²) in [6.07, 6.45) is 1.73. The van der Waals surface area contributed by atoms with Gasteiger partial charge in [-0.05, 0) is 73.1 Å². The van der Waals surface area contributed by atoms with E-state index in [1.54, 1.807) is 6.07 Å². The van der Waals surface area contributed by atoms with Crippen molar-refractivity contribution in [2.45, 2.75) is 39.5 Å². The minimum atomic E-state index is -0.490. The number of aryl methyl sites for hydroxylation is 2. The number of nitrogens with one attached hydrogen (secondary N) is 1. The predicted octanol–water partition coefficient (Wildman–Crippen LogP) is 6.14. The molecule has 1 aromatic heterocycles. The van der Waals surface area contributed by atoms with E-state index in [1.165, 1.54) is 11.5 Å². The highest BCUT2D eigenvalue weighted by molar-refractivity contribution is 7.10. The fraction of sp³-hybridized carbons (Fsp3) is 0.304. The van der Waals surface area contributed by atoms with Crippen LogP contribution in [-0.4, -0.2) is 17.7 Å². The molecule has 146 valence electrons. The maximum atomic E-state index is 15.0. The third-order valence-corrected chi connectivity index (χ3v) is 6.49. The topological polar surface area (TPSA) is 42.0 Å². The number of nitrogens with zero attached hydrogens (tertiary/aromatic N) is 1. The van der Waals surface area contributed by atoms with Gasteiger partial charge in [0.1, 0.15) is 12.1 Å². The summed E-state index contributed by atoms with van der Waals surface area (Å²) in [4.78, 5) is 12.3. The molecule has 0 bridgehead atoms. The molecular weight excluding hydrogens is 371 g/mol. The quantitative estimate of drug-likeness (QED) is 0.509. The lowest BCUT2D eigenvalue weighted by Gasteiger charge is -2.22. The lowest BCUT2D eigenvalue weighted by Crippen LogP contribution is -2.22. The van der Waals surface area contributed by atoms with Crippen molar-refractivity contribution in [1.82, 2.24) is 4.37 Å². The second kappa shape index (κ2) is 7.84. The zero-order valence-corrected chi connectivity index (χ0v) is 17.7. The molecule has 0 aliphatic carbocycles. The van der Waals surface area contributed by atoms with Crippen LogP contribution in [0.2, 0.25) is 0 Å². The van der Waals surface area contributed by atoms with Crippen LogP contribution in [-0.2, 0) is 10.2 Å². The van der Waals surface area contributed by atoms with Gasteiger partial charge < -0.3 is 10.1 Å². The summed E-state index contributed by atoms with van der Waals surface area (Å²) in [5.74, 6) is -0.267. The van der Waals surface area contributed by atoms with Gasteiger partial charge in [-0.15, -0.1) is 0 Å². The highest BCUT2D eigenvalue weighted by Gasteiger charge is 2.24. The van der Waals surface area contributed by atoms with Crippen molar-refractivity contribution in [2.75, 3.05) is 12.4 Å². The first-order valence-electron chi connectivity index (χ1n) is 9.36. The summed E-state index contributed by atoms with van der Waals surface area (Å²) in [6, 6.07) is 11.3. The Kier molecular flexibility index (Phi) is 5.66. The number of benzene rings is 2. The van der Waals surface area contributed by atoms with Gasteiger partial charge >= 0.3 is 0 Å². The molecule has 3 rings (SSSR count). The summed E-state index contributed by atoms with van der Waals surface area (Å²) in [5, 5.41) is 3.12. The van der Waals surface area contributed by atoms with Crippen LogP contribution in [0.3, 0.4) is 0 Å².